The van der Waals surface area contributed by atoms with Crippen LogP contribution in [0, 0.1) is 11.7 Å². The molecule has 4 aliphatic rings. The van der Waals surface area contributed by atoms with Gasteiger partial charge in [0.1, 0.15) is 18.0 Å². The molecule has 4 aliphatic heterocycles. The summed E-state index contributed by atoms with van der Waals surface area (Å²) in [5, 5.41) is 9.57. The van der Waals surface area contributed by atoms with Crippen LogP contribution in [0.15, 0.2) is 48.5 Å². The predicted molar refractivity (Wildman–Crippen MR) is 135 cm³/mol. The van der Waals surface area contributed by atoms with E-state index >= 15 is 0 Å². The Morgan fingerprint density at radius 3 is 2.49 bits per heavy atom. The molecule has 9 heteroatoms. The summed E-state index contributed by atoms with van der Waals surface area (Å²) in [7, 11) is 0. The Morgan fingerprint density at radius 1 is 1.00 bits per heavy atom. The van der Waals surface area contributed by atoms with Gasteiger partial charge in [0.05, 0.1) is 12.2 Å². The zero-order valence-corrected chi connectivity index (χ0v) is 20.7. The monoisotopic (exact) mass is 509 g/mol. The van der Waals surface area contributed by atoms with Crippen molar-refractivity contribution in [2.45, 2.75) is 50.8 Å². The number of fused-ring (bicyclic) bond motifs is 3. The van der Waals surface area contributed by atoms with Crippen LogP contribution in [0.5, 0.6) is 0 Å². The van der Waals surface area contributed by atoms with E-state index < -0.39 is 23.9 Å². The number of ether oxygens (including phenoxy) is 1. The standard InChI is InChI=1S/C28H32FN3O5/c29-22-8-1-2-9-23(22)32(28(36)37-25-18-30-14-11-20(25)12-15-30)17-19-6-5-7-21(16-19)26(33)31-13-4-3-10-24(31)27(34)35/h1-2,5-9,16,20,24-25H,3-4,10-15,17-18H2,(H,34,35)/t24-,25-/m0/s1. The Kier molecular flexibility index (Phi) is 7.41. The molecule has 2 aromatic carbocycles. The third kappa shape index (κ3) is 5.46. The van der Waals surface area contributed by atoms with E-state index in [4.69, 9.17) is 4.74 Å². The molecule has 4 heterocycles. The number of carbonyl (C=O) groups excluding carboxylic acids is 2. The quantitative estimate of drug-likeness (QED) is 0.630. The summed E-state index contributed by atoms with van der Waals surface area (Å²) in [6.07, 6.45) is 3.05. The number of anilines is 1. The van der Waals surface area contributed by atoms with Gasteiger partial charge in [0, 0.05) is 18.7 Å². The largest absolute Gasteiger partial charge is 0.480 e. The minimum absolute atomic E-state index is 0.00431. The highest BCUT2D eigenvalue weighted by Gasteiger charge is 2.38. The molecule has 2 aromatic rings. The lowest BCUT2D eigenvalue weighted by Gasteiger charge is -2.44. The van der Waals surface area contributed by atoms with Crippen LogP contribution in [0.3, 0.4) is 0 Å². The van der Waals surface area contributed by atoms with Crippen LogP contribution in [0.1, 0.15) is 48.0 Å². The maximum atomic E-state index is 14.8. The van der Waals surface area contributed by atoms with Crippen molar-refractivity contribution in [2.24, 2.45) is 5.92 Å². The van der Waals surface area contributed by atoms with Gasteiger partial charge < -0.3 is 14.7 Å². The molecule has 8 nitrogen and oxygen atoms in total. The van der Waals surface area contributed by atoms with Crippen molar-refractivity contribution >= 4 is 23.7 Å². The number of carboxylic acid groups (broad SMARTS) is 1. The second-order valence-corrected chi connectivity index (χ2v) is 10.1. The second kappa shape index (κ2) is 10.9. The molecule has 1 N–H and O–H groups in total. The van der Waals surface area contributed by atoms with E-state index in [0.29, 0.717) is 36.6 Å². The van der Waals surface area contributed by atoms with E-state index in [-0.39, 0.29) is 24.2 Å². The molecule has 196 valence electrons. The highest BCUT2D eigenvalue weighted by Crippen LogP contribution is 2.31. The van der Waals surface area contributed by atoms with Gasteiger partial charge in [-0.3, -0.25) is 14.6 Å². The van der Waals surface area contributed by atoms with Crippen molar-refractivity contribution in [3.8, 4) is 0 Å². The Labute approximate surface area is 215 Å². The summed E-state index contributed by atoms with van der Waals surface area (Å²) >= 11 is 0. The van der Waals surface area contributed by atoms with Crippen molar-refractivity contribution in [3.05, 3.63) is 65.5 Å². The van der Waals surface area contributed by atoms with E-state index in [1.165, 1.54) is 21.9 Å². The van der Waals surface area contributed by atoms with Gasteiger partial charge in [0.2, 0.25) is 0 Å². The second-order valence-electron chi connectivity index (χ2n) is 10.1. The topological polar surface area (TPSA) is 90.4 Å². The molecule has 37 heavy (non-hydrogen) atoms. The summed E-state index contributed by atoms with van der Waals surface area (Å²) in [6.45, 7) is 3.09. The first kappa shape index (κ1) is 25.2. The number of nitrogens with zero attached hydrogens (tertiary/aromatic N) is 3. The number of piperidine rings is 4. The number of hydrogen-bond donors (Lipinski definition) is 1. The first-order valence-electron chi connectivity index (χ1n) is 13.0. The fraction of sp³-hybridized carbons (Fsp3) is 0.464. The normalized spacial score (nSPS) is 24.9. The van der Waals surface area contributed by atoms with Crippen molar-refractivity contribution < 1.29 is 28.6 Å². The smallest absolute Gasteiger partial charge is 0.415 e. The van der Waals surface area contributed by atoms with Gasteiger partial charge in [-0.15, -0.1) is 0 Å². The number of carboxylic acids is 1. The number of hydrogen-bond acceptors (Lipinski definition) is 5. The summed E-state index contributed by atoms with van der Waals surface area (Å²) < 4.78 is 20.7. The Hall–Kier alpha value is -3.46. The lowest BCUT2D eigenvalue weighted by molar-refractivity contribution is -0.143. The van der Waals surface area contributed by atoms with E-state index in [1.807, 2.05) is 0 Å². The van der Waals surface area contributed by atoms with Gasteiger partial charge in [0.15, 0.2) is 0 Å². The van der Waals surface area contributed by atoms with Gasteiger partial charge in [0.25, 0.3) is 5.91 Å². The van der Waals surface area contributed by atoms with Gasteiger partial charge in [-0.05, 0) is 80.9 Å². The third-order valence-corrected chi connectivity index (χ3v) is 7.78. The summed E-state index contributed by atoms with van der Waals surface area (Å²) in [4.78, 5) is 43.3. The molecule has 0 radical (unpaired) electrons. The first-order chi connectivity index (χ1) is 17.9. The first-order valence-corrected chi connectivity index (χ1v) is 13.0. The lowest BCUT2D eigenvalue weighted by Crippen LogP contribution is -2.53. The zero-order valence-electron chi connectivity index (χ0n) is 20.7. The predicted octanol–water partition coefficient (Wildman–Crippen LogP) is 4.14. The number of amides is 2. The van der Waals surface area contributed by atoms with Gasteiger partial charge in [-0.1, -0.05) is 24.3 Å². The van der Waals surface area contributed by atoms with E-state index in [9.17, 15) is 23.9 Å². The van der Waals surface area contributed by atoms with E-state index in [0.717, 1.165) is 38.8 Å². The van der Waals surface area contributed by atoms with Crippen LogP contribution in [0.2, 0.25) is 0 Å². The van der Waals surface area contributed by atoms with Crippen LogP contribution in [0.25, 0.3) is 0 Å². The van der Waals surface area contributed by atoms with Crippen LogP contribution in [-0.2, 0) is 16.1 Å². The summed E-state index contributed by atoms with van der Waals surface area (Å²) in [5.74, 6) is -1.60. The SMILES string of the molecule is O=C(O)[C@@H]1CCCCN1C(=O)c1cccc(CN(C(=O)O[C@H]2CN3CCC2CC3)c2ccccc2F)c1. The maximum Gasteiger partial charge on any atom is 0.415 e. The van der Waals surface area contributed by atoms with Crippen LogP contribution >= 0.6 is 0 Å². The minimum atomic E-state index is -1.01. The van der Waals surface area contributed by atoms with E-state index in [1.54, 1.807) is 36.4 Å². The highest BCUT2D eigenvalue weighted by atomic mass is 19.1. The molecule has 0 spiro atoms. The molecular formula is C28H32FN3O5. The Bertz CT molecular complexity index is 1170. The number of para-hydroxylation sites is 1. The fourth-order valence-electron chi connectivity index (χ4n) is 5.74. The molecular weight excluding hydrogens is 477 g/mol. The van der Waals surface area contributed by atoms with Gasteiger partial charge in [-0.25, -0.2) is 14.0 Å². The van der Waals surface area contributed by atoms with Crippen molar-refractivity contribution in [1.29, 1.82) is 0 Å². The van der Waals surface area contributed by atoms with Crippen LogP contribution < -0.4 is 4.90 Å². The molecule has 0 unspecified atom stereocenters. The molecule has 0 aromatic heterocycles. The molecule has 2 atom stereocenters. The molecule has 6 rings (SSSR count). The molecule has 4 fully saturated rings. The molecule has 4 saturated heterocycles. The van der Waals surface area contributed by atoms with Gasteiger partial charge >= 0.3 is 12.1 Å². The summed E-state index contributed by atoms with van der Waals surface area (Å²) in [5.41, 5.74) is 1.06. The number of likely N-dealkylation sites (tertiary alicyclic amines) is 1. The molecule has 0 saturated carbocycles. The third-order valence-electron chi connectivity index (χ3n) is 7.78. The number of halogens is 1. The molecule has 2 bridgehead atoms. The molecule has 0 aliphatic carbocycles. The number of aliphatic carboxylic acids is 1. The Morgan fingerprint density at radius 2 is 1.78 bits per heavy atom. The van der Waals surface area contributed by atoms with Crippen molar-refractivity contribution in [1.82, 2.24) is 9.80 Å². The molecule has 2 amide bonds. The summed E-state index contributed by atoms with van der Waals surface area (Å²) in [6, 6.07) is 11.9. The zero-order chi connectivity index (χ0) is 25.9. The average Bonchev–Trinajstić information content (AvgIpc) is 2.92. The van der Waals surface area contributed by atoms with E-state index in [2.05, 4.69) is 4.90 Å². The maximum absolute atomic E-state index is 14.8. The average molecular weight is 510 g/mol. The lowest BCUT2D eigenvalue weighted by atomic mass is 9.86. The number of rotatable bonds is 6. The Balaban J connectivity index is 1.37. The van der Waals surface area contributed by atoms with Crippen LogP contribution in [-0.4, -0.2) is 71.2 Å². The highest BCUT2D eigenvalue weighted by molar-refractivity contribution is 5.97. The van der Waals surface area contributed by atoms with Crippen molar-refractivity contribution in [2.75, 3.05) is 31.1 Å². The fourth-order valence-corrected chi connectivity index (χ4v) is 5.74. The van der Waals surface area contributed by atoms with Crippen molar-refractivity contribution in [3.63, 3.8) is 0 Å². The number of benzene rings is 2. The minimum Gasteiger partial charge on any atom is -0.480 e. The van der Waals surface area contributed by atoms with Crippen LogP contribution in [0.4, 0.5) is 14.9 Å². The van der Waals surface area contributed by atoms with Gasteiger partial charge in [-0.2, -0.15) is 0 Å². The number of carbonyl (C=O) groups is 3.